The fourth-order valence-electron chi connectivity index (χ4n) is 3.38. The van der Waals surface area contributed by atoms with E-state index in [1.165, 1.54) is 0 Å². The molecule has 5 rings (SSSR count). The molecule has 166 valence electrons. The number of rotatable bonds is 5. The summed E-state index contributed by atoms with van der Waals surface area (Å²) in [6.45, 7) is 3.89. The minimum atomic E-state index is 0.581. The van der Waals surface area contributed by atoms with Gasteiger partial charge in [0, 0.05) is 36.3 Å². The molecule has 0 bridgehead atoms. The van der Waals surface area contributed by atoms with Crippen LogP contribution in [0.15, 0.2) is 48.9 Å². The molecule has 0 unspecified atom stereocenters. The number of benzene rings is 1. The van der Waals surface area contributed by atoms with Crippen molar-refractivity contribution in [2.75, 3.05) is 20.6 Å². The first-order chi connectivity index (χ1) is 16.2. The Labute approximate surface area is 191 Å². The van der Waals surface area contributed by atoms with E-state index in [1.54, 1.807) is 12.1 Å². The van der Waals surface area contributed by atoms with E-state index in [4.69, 9.17) is 5.26 Å². The van der Waals surface area contributed by atoms with E-state index in [-0.39, 0.29) is 0 Å². The number of aromatic amines is 2. The number of aromatic nitrogens is 6. The molecule has 0 saturated carbocycles. The molecular weight excluding hydrogens is 414 g/mol. The molecule has 0 spiro atoms. The Kier molecular flexibility index (Phi) is 6.69. The summed E-state index contributed by atoms with van der Waals surface area (Å²) >= 11 is 0. The van der Waals surface area contributed by atoms with Crippen molar-refractivity contribution in [3.8, 4) is 28.7 Å². The first-order valence-corrected chi connectivity index (χ1v) is 10.6. The van der Waals surface area contributed by atoms with Crippen LogP contribution < -0.4 is 10.6 Å². The number of pyridine rings is 2. The van der Waals surface area contributed by atoms with Crippen LogP contribution in [0.25, 0.3) is 44.7 Å². The summed E-state index contributed by atoms with van der Waals surface area (Å²) in [7, 11) is 3.84. The standard InChI is InChI=1S/C21H16N8.C3H9N/c1-23-8-13-4-14(10-24-9-13)15-6-16-19(28-29-20(16)25-11-15)21-26-17-3-2-12(7-22)5-18(17)27-21;1-3-4-2/h2-6,9-11,23H,8H2,1H3,(H,26,27)(H,25,28,29);4H,3H2,1-2H3. The van der Waals surface area contributed by atoms with Crippen LogP contribution in [0.3, 0.4) is 0 Å². The van der Waals surface area contributed by atoms with Crippen molar-refractivity contribution in [2.45, 2.75) is 13.5 Å². The third-order valence-electron chi connectivity index (χ3n) is 5.11. The van der Waals surface area contributed by atoms with Crippen LogP contribution in [0, 0.1) is 11.3 Å². The Balaban J connectivity index is 0.000000601. The zero-order chi connectivity index (χ0) is 23.2. The van der Waals surface area contributed by atoms with Crippen LogP contribution in [0.5, 0.6) is 0 Å². The molecule has 0 fully saturated rings. The van der Waals surface area contributed by atoms with E-state index in [9.17, 15) is 0 Å². The molecular formula is C24H25N9. The number of imidazole rings is 1. The summed E-state index contributed by atoms with van der Waals surface area (Å²) in [5.41, 5.74) is 6.56. The van der Waals surface area contributed by atoms with E-state index in [0.717, 1.165) is 46.2 Å². The van der Waals surface area contributed by atoms with Gasteiger partial charge in [-0.15, -0.1) is 0 Å². The van der Waals surface area contributed by atoms with Gasteiger partial charge in [-0.3, -0.25) is 10.1 Å². The molecule has 9 heteroatoms. The molecule has 33 heavy (non-hydrogen) atoms. The Hall–Kier alpha value is -4.13. The van der Waals surface area contributed by atoms with Gasteiger partial charge in [-0.2, -0.15) is 10.4 Å². The largest absolute Gasteiger partial charge is 0.337 e. The van der Waals surface area contributed by atoms with Gasteiger partial charge in [0.05, 0.1) is 28.1 Å². The smallest absolute Gasteiger partial charge is 0.159 e. The molecule has 0 aliphatic rings. The van der Waals surface area contributed by atoms with Gasteiger partial charge in [-0.1, -0.05) is 6.92 Å². The lowest BCUT2D eigenvalue weighted by Gasteiger charge is -2.04. The second-order valence-electron chi connectivity index (χ2n) is 7.44. The highest BCUT2D eigenvalue weighted by Crippen LogP contribution is 2.29. The molecule has 0 atom stereocenters. The van der Waals surface area contributed by atoms with Crippen molar-refractivity contribution in [2.24, 2.45) is 0 Å². The molecule has 0 aliphatic carbocycles. The molecule has 5 aromatic rings. The van der Waals surface area contributed by atoms with Gasteiger partial charge in [0.1, 0.15) is 5.69 Å². The summed E-state index contributed by atoms with van der Waals surface area (Å²) in [4.78, 5) is 16.7. The molecule has 4 heterocycles. The highest BCUT2D eigenvalue weighted by Gasteiger charge is 2.15. The third kappa shape index (κ3) is 4.72. The normalized spacial score (nSPS) is 10.7. The molecule has 9 nitrogen and oxygen atoms in total. The Morgan fingerprint density at radius 2 is 1.85 bits per heavy atom. The minimum Gasteiger partial charge on any atom is -0.337 e. The summed E-state index contributed by atoms with van der Waals surface area (Å²) in [6, 6.07) is 11.6. The topological polar surface area (TPSA) is 131 Å². The van der Waals surface area contributed by atoms with Crippen molar-refractivity contribution in [1.29, 1.82) is 5.26 Å². The maximum Gasteiger partial charge on any atom is 0.159 e. The van der Waals surface area contributed by atoms with Gasteiger partial charge in [0.25, 0.3) is 0 Å². The van der Waals surface area contributed by atoms with Gasteiger partial charge < -0.3 is 15.6 Å². The van der Waals surface area contributed by atoms with Gasteiger partial charge in [-0.25, -0.2) is 9.97 Å². The Morgan fingerprint density at radius 3 is 2.61 bits per heavy atom. The average Bonchev–Trinajstić information content (AvgIpc) is 3.47. The van der Waals surface area contributed by atoms with Crippen molar-refractivity contribution >= 4 is 22.1 Å². The monoisotopic (exact) mass is 439 g/mol. The number of H-pyrrole nitrogens is 2. The fraction of sp³-hybridized carbons (Fsp3) is 0.208. The molecule has 4 aromatic heterocycles. The second kappa shape index (κ2) is 9.99. The zero-order valence-corrected chi connectivity index (χ0v) is 18.8. The van der Waals surface area contributed by atoms with Gasteiger partial charge in [0.15, 0.2) is 11.5 Å². The number of nitriles is 1. The van der Waals surface area contributed by atoms with E-state index in [2.05, 4.69) is 59.8 Å². The van der Waals surface area contributed by atoms with Crippen LogP contribution in [-0.2, 0) is 6.54 Å². The zero-order valence-electron chi connectivity index (χ0n) is 18.8. The van der Waals surface area contributed by atoms with Crippen LogP contribution in [-0.4, -0.2) is 50.8 Å². The number of nitrogens with one attached hydrogen (secondary N) is 4. The lowest BCUT2D eigenvalue weighted by atomic mass is 10.1. The predicted molar refractivity (Wildman–Crippen MR) is 129 cm³/mol. The third-order valence-corrected chi connectivity index (χ3v) is 5.11. The average molecular weight is 440 g/mol. The quantitative estimate of drug-likeness (QED) is 0.330. The molecule has 0 aliphatic heterocycles. The highest BCUT2D eigenvalue weighted by atomic mass is 15.2. The van der Waals surface area contributed by atoms with E-state index < -0.39 is 0 Å². The SMILES string of the molecule is CCNC.CNCc1cncc(-c2cnc3[nH]nc(-c4nc5ccc(C#N)cc5[nH]4)c3c2)c1. The number of hydrogen-bond donors (Lipinski definition) is 4. The molecule has 4 N–H and O–H groups in total. The summed E-state index contributed by atoms with van der Waals surface area (Å²) < 4.78 is 0. The number of nitrogens with zero attached hydrogens (tertiary/aromatic N) is 5. The van der Waals surface area contributed by atoms with Crippen molar-refractivity contribution in [3.05, 3.63) is 60.0 Å². The molecule has 1 aromatic carbocycles. The van der Waals surface area contributed by atoms with Gasteiger partial charge in [0.2, 0.25) is 0 Å². The number of fused-ring (bicyclic) bond motifs is 2. The van der Waals surface area contributed by atoms with Crippen LogP contribution in [0.4, 0.5) is 0 Å². The van der Waals surface area contributed by atoms with E-state index >= 15 is 0 Å². The van der Waals surface area contributed by atoms with Crippen molar-refractivity contribution in [3.63, 3.8) is 0 Å². The molecule has 0 radical (unpaired) electrons. The van der Waals surface area contributed by atoms with Crippen LogP contribution in [0.1, 0.15) is 18.1 Å². The maximum absolute atomic E-state index is 9.10. The minimum absolute atomic E-state index is 0.581. The highest BCUT2D eigenvalue weighted by molar-refractivity contribution is 5.93. The summed E-state index contributed by atoms with van der Waals surface area (Å²) in [5, 5.41) is 23.4. The number of hydrogen-bond acceptors (Lipinski definition) is 7. The molecule has 0 amide bonds. The Morgan fingerprint density at radius 1 is 1.03 bits per heavy atom. The fourth-order valence-corrected chi connectivity index (χ4v) is 3.38. The van der Waals surface area contributed by atoms with E-state index in [1.807, 2.05) is 44.8 Å². The predicted octanol–water partition coefficient (Wildman–Crippen LogP) is 3.38. The second-order valence-corrected chi connectivity index (χ2v) is 7.44. The van der Waals surface area contributed by atoms with Gasteiger partial charge >= 0.3 is 0 Å². The maximum atomic E-state index is 9.10. The first-order valence-electron chi connectivity index (χ1n) is 10.6. The Bertz CT molecular complexity index is 1420. The summed E-state index contributed by atoms with van der Waals surface area (Å²) in [6.07, 6.45) is 5.48. The first kappa shape index (κ1) is 22.1. The van der Waals surface area contributed by atoms with Crippen LogP contribution in [0.2, 0.25) is 0 Å². The van der Waals surface area contributed by atoms with Crippen molar-refractivity contribution < 1.29 is 0 Å². The van der Waals surface area contributed by atoms with Crippen LogP contribution >= 0.6 is 0 Å². The lowest BCUT2D eigenvalue weighted by Crippen LogP contribution is -2.05. The van der Waals surface area contributed by atoms with Gasteiger partial charge in [-0.05, 0) is 56.5 Å². The molecule has 0 saturated heterocycles. The summed E-state index contributed by atoms with van der Waals surface area (Å²) in [5.74, 6) is 0.627. The lowest BCUT2D eigenvalue weighted by molar-refractivity contribution is 0.813. The van der Waals surface area contributed by atoms with E-state index in [0.29, 0.717) is 22.7 Å². The van der Waals surface area contributed by atoms with Crippen molar-refractivity contribution in [1.82, 2.24) is 40.8 Å².